The van der Waals surface area contributed by atoms with E-state index in [1.54, 1.807) is 28.2 Å². The number of aryl methyl sites for hydroxylation is 1. The van der Waals surface area contributed by atoms with E-state index in [0.29, 0.717) is 57.9 Å². The Labute approximate surface area is 485 Å². The molecular weight excluding hydrogens is 1100 g/mol. The van der Waals surface area contributed by atoms with Crippen LogP contribution in [0.1, 0.15) is 64.3 Å². The molecule has 82 heavy (non-hydrogen) atoms. The molecule has 3 atom stereocenters. The summed E-state index contributed by atoms with van der Waals surface area (Å²) in [7, 11) is 1.64. The molecule has 2 aromatic heterocycles. The Hall–Kier alpha value is -6.89. The number of hydrogen-bond donors (Lipinski definition) is 4. The summed E-state index contributed by atoms with van der Waals surface area (Å²) in [4.78, 5) is 87.1. The van der Waals surface area contributed by atoms with Gasteiger partial charge in [-0.15, -0.1) is 11.3 Å². The fraction of sp³-hybridized carbons (Fsp3) is 0.483. The van der Waals surface area contributed by atoms with Gasteiger partial charge in [-0.1, -0.05) is 69.3 Å². The lowest BCUT2D eigenvalue weighted by Crippen LogP contribution is -2.58. The van der Waals surface area contributed by atoms with Crippen molar-refractivity contribution in [2.24, 2.45) is 5.41 Å². The minimum Gasteiger partial charge on any atom is -0.507 e. The summed E-state index contributed by atoms with van der Waals surface area (Å²) < 4.78 is 53.9. The number of phenols is 1. The molecule has 7 rings (SSSR count). The average Bonchev–Trinajstić information content (AvgIpc) is 2.46. The van der Waals surface area contributed by atoms with Gasteiger partial charge < -0.3 is 59.6 Å². The number of carbonyl (C=O) groups is 5. The Kier molecular flexibility index (Phi) is 22.5. The van der Waals surface area contributed by atoms with Crippen molar-refractivity contribution in [3.63, 3.8) is 0 Å². The van der Waals surface area contributed by atoms with Crippen LogP contribution in [0.4, 0.5) is 20.5 Å². The van der Waals surface area contributed by atoms with E-state index in [0.717, 1.165) is 27.8 Å². The van der Waals surface area contributed by atoms with E-state index in [9.17, 15) is 29.1 Å². The maximum absolute atomic E-state index is 16.5. The lowest BCUT2D eigenvalue weighted by atomic mass is 9.85. The quantitative estimate of drug-likeness (QED) is 0.0309. The largest absolute Gasteiger partial charge is 0.507 e. The highest BCUT2D eigenvalue weighted by molar-refractivity contribution is 7.13. The van der Waals surface area contributed by atoms with Gasteiger partial charge in [0, 0.05) is 70.2 Å². The second-order valence-electron chi connectivity index (χ2n) is 21.0. The fourth-order valence-electron chi connectivity index (χ4n) is 9.60. The number of carbonyl (C=O) groups excluding carboxylic acids is 5. The van der Waals surface area contributed by atoms with Gasteiger partial charge in [0.2, 0.25) is 35.5 Å². The van der Waals surface area contributed by atoms with Crippen LogP contribution in [0.5, 0.6) is 5.75 Å². The molecule has 0 aliphatic carbocycles. The summed E-state index contributed by atoms with van der Waals surface area (Å²) in [5.41, 5.74) is 3.17. The monoisotopic (exact) mass is 1170 g/mol. The summed E-state index contributed by atoms with van der Waals surface area (Å²) in [5, 5.41) is 19.5. The van der Waals surface area contributed by atoms with Crippen LogP contribution < -0.4 is 20.9 Å². The van der Waals surface area contributed by atoms with Gasteiger partial charge in [0.05, 0.1) is 79.0 Å². The number of likely N-dealkylation sites (tertiary alicyclic amines) is 1. The second kappa shape index (κ2) is 29.4. The number of anilines is 2. The molecule has 2 aliphatic rings. The van der Waals surface area contributed by atoms with Crippen molar-refractivity contribution in [2.75, 3.05) is 116 Å². The number of piperazine rings is 1. The van der Waals surface area contributed by atoms with Crippen molar-refractivity contribution in [2.45, 2.75) is 72.0 Å². The van der Waals surface area contributed by atoms with Gasteiger partial charge in [0.25, 0.3) is 0 Å². The molecule has 5 amide bonds. The number of aromatic nitrogens is 3. The van der Waals surface area contributed by atoms with Crippen LogP contribution in [0, 0.1) is 24.0 Å². The van der Waals surface area contributed by atoms with E-state index >= 15 is 8.78 Å². The number of nitrogens with zero attached hydrogens (tertiary/aromatic N) is 7. The lowest BCUT2D eigenvalue weighted by molar-refractivity contribution is -0.144. The highest BCUT2D eigenvalue weighted by Gasteiger charge is 2.42. The molecule has 2 saturated heterocycles. The van der Waals surface area contributed by atoms with E-state index in [2.05, 4.69) is 37.5 Å². The number of likely N-dealkylation sites (N-methyl/N-ethyl adjacent to an activating group) is 1. The average molecular weight is 1180 g/mol. The molecule has 20 nitrogen and oxygen atoms in total. The highest BCUT2D eigenvalue weighted by atomic mass is 35.5. The first kappa shape index (κ1) is 62.7. The van der Waals surface area contributed by atoms with Crippen LogP contribution in [0.25, 0.3) is 32.5 Å². The Morgan fingerprint density at radius 3 is 2.22 bits per heavy atom. The Morgan fingerprint density at radius 1 is 0.915 bits per heavy atom. The van der Waals surface area contributed by atoms with E-state index in [4.69, 9.17) is 30.5 Å². The SMILES string of the molecule is C=CC(=O)N1CCN(c2nc(NCCC(=O)N(C)CCOCCOCCOCCOCC(=O)N[C@H](C(=O)N3CCC[C@H]3C(=O)N[C@@H](C)c3ccc(-c4scnc4C)cc3)C(C)(C)C)nc3c(F)c(-c4c(O)cccc4F)c(Cl)cc23)CC1. The van der Waals surface area contributed by atoms with Crippen LogP contribution >= 0.6 is 22.9 Å². The minimum absolute atomic E-state index is 0.000722. The van der Waals surface area contributed by atoms with Crippen LogP contribution in [-0.2, 0) is 42.9 Å². The maximum Gasteiger partial charge on any atom is 0.246 e. The number of halogens is 3. The molecule has 0 unspecified atom stereocenters. The standard InChI is InChI=1S/C58H73ClF2N10O10S/c1-8-46(74)69-21-23-70(24-22-69)54-40-33-41(59)48(49-42(60)11-9-13-44(49)72)50(61)51(40)66-57(67-54)62-19-18-47(75)68(7)25-26-78-27-28-79-29-30-80-31-32-81-34-45(73)65-53(58(4,5)6)56(77)71-20-10-12-43(71)55(76)64-36(2)38-14-16-39(17-15-38)52-37(3)63-35-82-52/h8-9,11,13-17,33,35-36,43,53,72H,1,10,12,18-32,34H2,2-7H3,(H,64,76)(H,65,73)(H,62,66,67)/t36-,43-,53+/m0/s1. The molecule has 442 valence electrons. The Bertz CT molecular complexity index is 3030. The molecule has 5 aromatic rings. The van der Waals surface area contributed by atoms with Crippen molar-refractivity contribution in [1.82, 2.24) is 40.3 Å². The van der Waals surface area contributed by atoms with E-state index < -0.39 is 46.4 Å². The Balaban J connectivity index is 0.764. The summed E-state index contributed by atoms with van der Waals surface area (Å²) in [5.74, 6) is -3.49. The van der Waals surface area contributed by atoms with Crippen LogP contribution in [0.3, 0.4) is 0 Å². The van der Waals surface area contributed by atoms with Crippen molar-refractivity contribution in [1.29, 1.82) is 0 Å². The lowest BCUT2D eigenvalue weighted by Gasteiger charge is -2.35. The van der Waals surface area contributed by atoms with Crippen molar-refractivity contribution >= 4 is 75.1 Å². The number of benzene rings is 3. The van der Waals surface area contributed by atoms with Gasteiger partial charge in [-0.2, -0.15) is 4.98 Å². The normalized spacial score (nSPS) is 15.3. The first-order valence-corrected chi connectivity index (χ1v) is 28.6. The van der Waals surface area contributed by atoms with Gasteiger partial charge in [-0.05, 0) is 67.5 Å². The molecule has 0 radical (unpaired) electrons. The van der Waals surface area contributed by atoms with Gasteiger partial charge in [-0.25, -0.2) is 18.7 Å². The third-order valence-electron chi connectivity index (χ3n) is 14.2. The zero-order chi connectivity index (χ0) is 59.1. The topological polar surface area (TPSA) is 230 Å². The number of phenolic OH excluding ortho intramolecular Hbond substituents is 1. The predicted molar refractivity (Wildman–Crippen MR) is 310 cm³/mol. The number of aromatic hydroxyl groups is 1. The second-order valence-corrected chi connectivity index (χ2v) is 22.3. The number of amides is 5. The number of fused-ring (bicyclic) bond motifs is 1. The Morgan fingerprint density at radius 2 is 1.59 bits per heavy atom. The van der Waals surface area contributed by atoms with Crippen molar-refractivity contribution in [3.05, 3.63) is 94.6 Å². The smallest absolute Gasteiger partial charge is 0.246 e. The molecule has 0 spiro atoms. The summed E-state index contributed by atoms with van der Waals surface area (Å²) in [6.45, 7) is 16.6. The molecule has 3 aromatic carbocycles. The first-order chi connectivity index (χ1) is 39.3. The van der Waals surface area contributed by atoms with Crippen LogP contribution in [0.2, 0.25) is 5.02 Å². The van der Waals surface area contributed by atoms with Crippen molar-refractivity contribution in [3.8, 4) is 27.3 Å². The molecule has 24 heteroatoms. The molecule has 0 bridgehead atoms. The first-order valence-electron chi connectivity index (χ1n) is 27.3. The van der Waals surface area contributed by atoms with Gasteiger partial charge in [-0.3, -0.25) is 24.0 Å². The maximum atomic E-state index is 16.5. The number of rotatable bonds is 27. The zero-order valence-corrected chi connectivity index (χ0v) is 48.8. The van der Waals surface area contributed by atoms with Gasteiger partial charge >= 0.3 is 0 Å². The number of thiazole rings is 1. The van der Waals surface area contributed by atoms with Crippen LogP contribution in [-0.4, -0.2) is 182 Å². The number of nitrogens with one attached hydrogen (secondary N) is 3. The van der Waals surface area contributed by atoms with E-state index in [1.165, 1.54) is 29.2 Å². The number of hydrogen-bond acceptors (Lipinski definition) is 16. The molecule has 0 saturated carbocycles. The molecule has 4 N–H and O–H groups in total. The van der Waals surface area contributed by atoms with E-state index in [-0.39, 0.29) is 123 Å². The third kappa shape index (κ3) is 16.2. The number of ether oxygens (including phenoxy) is 4. The van der Waals surface area contributed by atoms with Gasteiger partial charge in [0.1, 0.15) is 41.6 Å². The molecule has 2 aliphatic heterocycles. The minimum atomic E-state index is -0.974. The zero-order valence-electron chi connectivity index (χ0n) is 47.2. The molecule has 2 fully saturated rings. The summed E-state index contributed by atoms with van der Waals surface area (Å²) in [6, 6.07) is 11.2. The summed E-state index contributed by atoms with van der Waals surface area (Å²) >= 11 is 8.16. The van der Waals surface area contributed by atoms with Crippen molar-refractivity contribution < 1.29 is 56.8 Å². The molecule has 4 heterocycles. The predicted octanol–water partition coefficient (Wildman–Crippen LogP) is 6.93. The van der Waals surface area contributed by atoms with Gasteiger partial charge in [0.15, 0.2) is 5.82 Å². The summed E-state index contributed by atoms with van der Waals surface area (Å²) in [6.07, 6.45) is 2.45. The van der Waals surface area contributed by atoms with E-state index in [1.807, 2.05) is 69.3 Å². The fourth-order valence-corrected chi connectivity index (χ4v) is 10.7. The van der Waals surface area contributed by atoms with Crippen LogP contribution in [0.15, 0.2) is 66.7 Å². The third-order valence-corrected chi connectivity index (χ3v) is 15.4. The highest BCUT2D eigenvalue weighted by Crippen LogP contribution is 2.43. The molecular formula is C58H73ClF2N10O10S.